The molecule has 1 aromatic carbocycles. The van der Waals surface area contributed by atoms with E-state index in [9.17, 15) is 9.59 Å². The highest BCUT2D eigenvalue weighted by Crippen LogP contribution is 2.10. The lowest BCUT2D eigenvalue weighted by atomic mass is 10.1. The van der Waals surface area contributed by atoms with Gasteiger partial charge < -0.3 is 5.32 Å². The van der Waals surface area contributed by atoms with Gasteiger partial charge in [0.2, 0.25) is 5.91 Å². The lowest BCUT2D eigenvalue weighted by Crippen LogP contribution is -2.39. The van der Waals surface area contributed by atoms with E-state index in [1.54, 1.807) is 13.1 Å². The van der Waals surface area contributed by atoms with Crippen molar-refractivity contribution in [3.63, 3.8) is 0 Å². The summed E-state index contributed by atoms with van der Waals surface area (Å²) in [4.78, 5) is 29.5. The van der Waals surface area contributed by atoms with Gasteiger partial charge in [-0.3, -0.25) is 14.4 Å². The van der Waals surface area contributed by atoms with Gasteiger partial charge in [0.15, 0.2) is 0 Å². The van der Waals surface area contributed by atoms with Crippen LogP contribution in [0.15, 0.2) is 30.3 Å². The third-order valence-corrected chi connectivity index (χ3v) is 3.47. The molecule has 0 spiro atoms. The molecule has 0 fully saturated rings. The van der Waals surface area contributed by atoms with E-state index in [4.69, 9.17) is 4.84 Å². The van der Waals surface area contributed by atoms with E-state index >= 15 is 0 Å². The van der Waals surface area contributed by atoms with Crippen molar-refractivity contribution in [2.45, 2.75) is 32.2 Å². The minimum absolute atomic E-state index is 0.0534. The third-order valence-electron chi connectivity index (χ3n) is 3.47. The van der Waals surface area contributed by atoms with Gasteiger partial charge in [0.1, 0.15) is 0 Å². The summed E-state index contributed by atoms with van der Waals surface area (Å²) in [7, 11) is 1.61. The highest BCUT2D eigenvalue weighted by Gasteiger charge is 2.14. The van der Waals surface area contributed by atoms with E-state index in [-0.39, 0.29) is 24.5 Å². The average molecular weight is 302 g/mol. The number of nitrogens with zero attached hydrogens (tertiary/aromatic N) is 1. The van der Waals surface area contributed by atoms with Crippen molar-refractivity contribution in [3.05, 3.63) is 41.5 Å². The number of amides is 2. The first kappa shape index (κ1) is 16.2. The highest BCUT2D eigenvalue weighted by atomic mass is 16.7. The van der Waals surface area contributed by atoms with Gasteiger partial charge in [-0.1, -0.05) is 24.3 Å². The van der Waals surface area contributed by atoms with Gasteiger partial charge in [0, 0.05) is 19.0 Å². The number of nitrogens with one attached hydrogen (secondary N) is 1. The normalized spacial score (nSPS) is 22.5. The van der Waals surface area contributed by atoms with Crippen LogP contribution in [-0.4, -0.2) is 36.6 Å². The first-order chi connectivity index (χ1) is 10.6. The first-order valence-electron chi connectivity index (χ1n) is 7.53. The van der Waals surface area contributed by atoms with Crippen molar-refractivity contribution in [1.82, 2.24) is 10.4 Å². The number of carbonyl (C=O) groups is 2. The molecule has 118 valence electrons. The number of benzene rings is 1. The standard InChI is InChI=1S/C17H22N2O3/c1-13-12-22-19(2)16(20)10-5-3-4-7-14-8-6-9-15(11-14)17(21)18-13/h4,6-9,11,13H,3,5,10,12H2,1-2H3,(H,18,21)/b7-4-. The summed E-state index contributed by atoms with van der Waals surface area (Å²) in [5, 5.41) is 4.12. The second-order valence-corrected chi connectivity index (χ2v) is 5.48. The molecule has 1 atom stereocenters. The van der Waals surface area contributed by atoms with Crippen LogP contribution in [0.2, 0.25) is 0 Å². The summed E-state index contributed by atoms with van der Waals surface area (Å²) in [5.74, 6) is -0.197. The Morgan fingerprint density at radius 1 is 1.32 bits per heavy atom. The fraction of sp³-hybridized carbons (Fsp3) is 0.412. The molecule has 0 saturated heterocycles. The zero-order chi connectivity index (χ0) is 15.9. The van der Waals surface area contributed by atoms with E-state index in [0.29, 0.717) is 12.0 Å². The number of allylic oxidation sites excluding steroid dienone is 1. The highest BCUT2D eigenvalue weighted by molar-refractivity contribution is 5.94. The molecule has 0 saturated carbocycles. The fourth-order valence-electron chi connectivity index (χ4n) is 2.18. The van der Waals surface area contributed by atoms with Gasteiger partial charge in [-0.2, -0.15) is 0 Å². The van der Waals surface area contributed by atoms with Crippen molar-refractivity contribution in [1.29, 1.82) is 0 Å². The van der Waals surface area contributed by atoms with Gasteiger partial charge in [0.25, 0.3) is 5.91 Å². The molecule has 2 rings (SSSR count). The Morgan fingerprint density at radius 2 is 2.14 bits per heavy atom. The van der Waals surface area contributed by atoms with Crippen LogP contribution in [0.1, 0.15) is 42.1 Å². The molecule has 2 bridgehead atoms. The van der Waals surface area contributed by atoms with Crippen LogP contribution < -0.4 is 5.32 Å². The van der Waals surface area contributed by atoms with Crippen LogP contribution in [0, 0.1) is 0 Å². The molecule has 1 aliphatic rings. The Morgan fingerprint density at radius 3 is 2.95 bits per heavy atom. The van der Waals surface area contributed by atoms with Crippen LogP contribution in [0.25, 0.3) is 6.08 Å². The maximum Gasteiger partial charge on any atom is 0.251 e. The van der Waals surface area contributed by atoms with E-state index in [0.717, 1.165) is 18.4 Å². The summed E-state index contributed by atoms with van der Waals surface area (Å²) in [6.45, 7) is 2.10. The molecule has 5 nitrogen and oxygen atoms in total. The molecule has 1 unspecified atom stereocenters. The zero-order valence-corrected chi connectivity index (χ0v) is 13.0. The van der Waals surface area contributed by atoms with Gasteiger partial charge in [-0.25, -0.2) is 5.06 Å². The van der Waals surface area contributed by atoms with Gasteiger partial charge in [0.05, 0.1) is 12.6 Å². The molecule has 1 heterocycles. The van der Waals surface area contributed by atoms with Crippen LogP contribution in [0.3, 0.4) is 0 Å². The predicted molar refractivity (Wildman–Crippen MR) is 85.0 cm³/mol. The lowest BCUT2D eigenvalue weighted by Gasteiger charge is -2.20. The summed E-state index contributed by atoms with van der Waals surface area (Å²) in [6.07, 6.45) is 6.03. The summed E-state index contributed by atoms with van der Waals surface area (Å²) >= 11 is 0. The number of carbonyl (C=O) groups excluding carboxylic acids is 2. The monoisotopic (exact) mass is 302 g/mol. The number of hydroxylamine groups is 2. The SMILES string of the molecule is CC1CON(C)C(=O)CCC/C=C\c2cccc(c2)C(=O)N1. The summed E-state index contributed by atoms with van der Waals surface area (Å²) in [6, 6.07) is 7.28. The number of rotatable bonds is 0. The van der Waals surface area contributed by atoms with E-state index in [2.05, 4.69) is 5.32 Å². The van der Waals surface area contributed by atoms with Crippen LogP contribution in [0.5, 0.6) is 0 Å². The third kappa shape index (κ3) is 4.70. The molecular formula is C17H22N2O3. The van der Waals surface area contributed by atoms with E-state index in [1.807, 2.05) is 37.3 Å². The first-order valence-corrected chi connectivity index (χ1v) is 7.53. The predicted octanol–water partition coefficient (Wildman–Crippen LogP) is 2.39. The van der Waals surface area contributed by atoms with Crippen molar-refractivity contribution in [2.75, 3.05) is 13.7 Å². The van der Waals surface area contributed by atoms with Crippen LogP contribution in [-0.2, 0) is 9.63 Å². The van der Waals surface area contributed by atoms with Crippen LogP contribution in [0.4, 0.5) is 0 Å². The van der Waals surface area contributed by atoms with Gasteiger partial charge >= 0.3 is 0 Å². The zero-order valence-electron chi connectivity index (χ0n) is 13.0. The smallest absolute Gasteiger partial charge is 0.251 e. The molecule has 1 N–H and O–H groups in total. The lowest BCUT2D eigenvalue weighted by molar-refractivity contribution is -0.179. The molecule has 5 heteroatoms. The van der Waals surface area contributed by atoms with Gasteiger partial charge in [-0.15, -0.1) is 0 Å². The van der Waals surface area contributed by atoms with Crippen molar-refractivity contribution < 1.29 is 14.4 Å². The second kappa shape index (κ2) is 7.75. The maximum absolute atomic E-state index is 12.2. The summed E-state index contributed by atoms with van der Waals surface area (Å²) in [5.41, 5.74) is 1.60. The molecule has 2 amide bonds. The molecule has 1 aliphatic heterocycles. The number of hydrogen-bond acceptors (Lipinski definition) is 3. The van der Waals surface area contributed by atoms with Crippen LogP contribution >= 0.6 is 0 Å². The van der Waals surface area contributed by atoms with Crippen molar-refractivity contribution in [3.8, 4) is 0 Å². The number of hydrogen-bond donors (Lipinski definition) is 1. The molecule has 0 aromatic heterocycles. The Kier molecular flexibility index (Phi) is 5.72. The Balaban J connectivity index is 2.15. The summed E-state index contributed by atoms with van der Waals surface area (Å²) < 4.78 is 0. The maximum atomic E-state index is 12.2. The molecule has 1 aromatic rings. The Hall–Kier alpha value is -2.14. The molecule has 22 heavy (non-hydrogen) atoms. The molecule has 0 radical (unpaired) electrons. The topological polar surface area (TPSA) is 58.6 Å². The molecular weight excluding hydrogens is 280 g/mol. The van der Waals surface area contributed by atoms with E-state index in [1.165, 1.54) is 5.06 Å². The minimum Gasteiger partial charge on any atom is -0.347 e. The average Bonchev–Trinajstić information content (AvgIpc) is 2.51. The quantitative estimate of drug-likeness (QED) is 0.800. The van der Waals surface area contributed by atoms with Gasteiger partial charge in [-0.05, 0) is 37.5 Å². The van der Waals surface area contributed by atoms with Crippen molar-refractivity contribution in [2.24, 2.45) is 0 Å². The molecule has 0 aliphatic carbocycles. The van der Waals surface area contributed by atoms with Crippen molar-refractivity contribution >= 4 is 17.9 Å². The second-order valence-electron chi connectivity index (χ2n) is 5.48. The Bertz CT molecular complexity index is 569. The minimum atomic E-state index is -0.188. The van der Waals surface area contributed by atoms with E-state index < -0.39 is 0 Å². The number of fused-ring (bicyclic) bond motifs is 2. The largest absolute Gasteiger partial charge is 0.347 e. The fourth-order valence-corrected chi connectivity index (χ4v) is 2.18. The Labute approximate surface area is 130 Å².